The van der Waals surface area contributed by atoms with Gasteiger partial charge in [0, 0.05) is 6.54 Å². The van der Waals surface area contributed by atoms with Crippen LogP contribution in [0.1, 0.15) is 45.6 Å². The van der Waals surface area contributed by atoms with Crippen molar-refractivity contribution in [1.29, 1.82) is 0 Å². The Hall–Kier alpha value is -2.57. The molecule has 1 heterocycles. The van der Waals surface area contributed by atoms with Gasteiger partial charge in [0.05, 0.1) is 0 Å². The van der Waals surface area contributed by atoms with Gasteiger partial charge in [-0.1, -0.05) is 57.5 Å². The molecule has 0 unspecified atom stereocenters. The number of aliphatic carboxylic acids is 1. The summed E-state index contributed by atoms with van der Waals surface area (Å²) in [7, 11) is 0. The Balaban J connectivity index is 1.70. The van der Waals surface area contributed by atoms with E-state index in [0.29, 0.717) is 6.54 Å². The second-order valence-corrected chi connectivity index (χ2v) is 9.13. The van der Waals surface area contributed by atoms with E-state index >= 15 is 0 Å². The number of ether oxygens (including phenoxy) is 1. The van der Waals surface area contributed by atoms with E-state index in [9.17, 15) is 19.5 Å². The Labute approximate surface area is 171 Å². The Bertz CT molecular complexity index is 758. The van der Waals surface area contributed by atoms with Gasteiger partial charge in [0.15, 0.2) is 0 Å². The smallest absolute Gasteiger partial charge is 0.408 e. The molecule has 1 aromatic rings. The lowest BCUT2D eigenvalue weighted by atomic mass is 9.85. The van der Waals surface area contributed by atoms with Gasteiger partial charge in [-0.25, -0.2) is 9.59 Å². The first-order valence-corrected chi connectivity index (χ1v) is 10.2. The van der Waals surface area contributed by atoms with Crippen LogP contribution in [0.15, 0.2) is 30.3 Å². The van der Waals surface area contributed by atoms with Gasteiger partial charge in [-0.3, -0.25) is 4.79 Å². The number of hydrogen-bond donors (Lipinski definition) is 2. The number of benzene rings is 1. The highest BCUT2D eigenvalue weighted by Crippen LogP contribution is 2.43. The normalized spacial score (nSPS) is 24.7. The zero-order valence-corrected chi connectivity index (χ0v) is 17.3. The first-order valence-electron chi connectivity index (χ1n) is 10.2. The van der Waals surface area contributed by atoms with E-state index < -0.39 is 29.6 Å². The molecule has 2 amide bonds. The largest absolute Gasteiger partial charge is 0.480 e. The number of carboxylic acids is 1. The molecule has 0 radical (unpaired) electrons. The van der Waals surface area contributed by atoms with Gasteiger partial charge in [-0.15, -0.1) is 0 Å². The van der Waals surface area contributed by atoms with Crippen molar-refractivity contribution in [2.45, 2.75) is 58.7 Å². The lowest BCUT2D eigenvalue weighted by molar-refractivity contribution is -0.151. The Kier molecular flexibility index (Phi) is 6.15. The lowest BCUT2D eigenvalue weighted by Crippen LogP contribution is -2.57. The van der Waals surface area contributed by atoms with Crippen molar-refractivity contribution in [3.63, 3.8) is 0 Å². The van der Waals surface area contributed by atoms with Gasteiger partial charge in [0.25, 0.3) is 0 Å². The molecule has 7 nitrogen and oxygen atoms in total. The second kappa shape index (κ2) is 8.43. The predicted octanol–water partition coefficient (Wildman–Crippen LogP) is 3.04. The van der Waals surface area contributed by atoms with Crippen LogP contribution in [0.3, 0.4) is 0 Å². The summed E-state index contributed by atoms with van der Waals surface area (Å²) < 4.78 is 5.28. The molecule has 0 bridgehead atoms. The Morgan fingerprint density at radius 2 is 1.90 bits per heavy atom. The van der Waals surface area contributed by atoms with Crippen LogP contribution in [-0.4, -0.2) is 46.6 Å². The number of alkyl carbamates (subject to hydrolysis) is 1. The molecule has 2 aliphatic rings. The summed E-state index contributed by atoms with van der Waals surface area (Å²) in [4.78, 5) is 39.1. The number of nitrogens with zero attached hydrogens (tertiary/aromatic N) is 1. The summed E-state index contributed by atoms with van der Waals surface area (Å²) >= 11 is 0. The number of likely N-dealkylation sites (tertiary alicyclic amines) is 1. The number of rotatable bonds is 5. The van der Waals surface area contributed by atoms with Crippen LogP contribution < -0.4 is 5.32 Å². The zero-order valence-electron chi connectivity index (χ0n) is 17.3. The van der Waals surface area contributed by atoms with Gasteiger partial charge in [0.1, 0.15) is 18.7 Å². The molecule has 0 aromatic heterocycles. The van der Waals surface area contributed by atoms with E-state index in [4.69, 9.17) is 4.74 Å². The molecule has 2 fully saturated rings. The Morgan fingerprint density at radius 1 is 1.21 bits per heavy atom. The fraction of sp³-hybridized carbons (Fsp3) is 0.591. The molecule has 1 aromatic carbocycles. The topological polar surface area (TPSA) is 95.9 Å². The molecule has 1 saturated carbocycles. The number of amides is 2. The van der Waals surface area contributed by atoms with Gasteiger partial charge in [0.2, 0.25) is 5.91 Å². The van der Waals surface area contributed by atoms with Crippen LogP contribution >= 0.6 is 0 Å². The molecule has 158 valence electrons. The highest BCUT2D eigenvalue weighted by molar-refractivity contribution is 5.90. The van der Waals surface area contributed by atoms with Crippen LogP contribution in [0.25, 0.3) is 0 Å². The molecule has 2 N–H and O–H groups in total. The fourth-order valence-electron chi connectivity index (χ4n) is 4.55. The monoisotopic (exact) mass is 402 g/mol. The molecule has 29 heavy (non-hydrogen) atoms. The standard InChI is InChI=1S/C22H30N2O5/c1-22(2,3)18(23-21(28)29-13-14-8-5-4-6-9-14)19(25)24-12-15-10-7-11-16(15)17(24)20(26)27/h4-6,8-9,15-18H,7,10-13H2,1-3H3,(H,23,28)(H,26,27)/t15-,16-,17-,18+/m0/s1. The summed E-state index contributed by atoms with van der Waals surface area (Å²) in [6.07, 6.45) is 2.10. The van der Waals surface area contributed by atoms with Crippen LogP contribution in [0.4, 0.5) is 4.79 Å². The van der Waals surface area contributed by atoms with Gasteiger partial charge < -0.3 is 20.1 Å². The van der Waals surface area contributed by atoms with E-state index in [-0.39, 0.29) is 24.3 Å². The van der Waals surface area contributed by atoms with E-state index in [2.05, 4.69) is 5.32 Å². The summed E-state index contributed by atoms with van der Waals surface area (Å²) in [5.74, 6) is -1.09. The minimum Gasteiger partial charge on any atom is -0.480 e. The van der Waals surface area contributed by atoms with Crippen molar-refractivity contribution < 1.29 is 24.2 Å². The molecule has 7 heteroatoms. The fourth-order valence-corrected chi connectivity index (χ4v) is 4.55. The molecular weight excluding hydrogens is 372 g/mol. The highest BCUT2D eigenvalue weighted by Gasteiger charge is 2.51. The summed E-state index contributed by atoms with van der Waals surface area (Å²) in [5, 5.41) is 12.4. The number of carbonyl (C=O) groups is 3. The van der Waals surface area contributed by atoms with Crippen LogP contribution in [-0.2, 0) is 20.9 Å². The van der Waals surface area contributed by atoms with Crippen molar-refractivity contribution in [3.05, 3.63) is 35.9 Å². The van der Waals surface area contributed by atoms with Crippen molar-refractivity contribution in [3.8, 4) is 0 Å². The van der Waals surface area contributed by atoms with Gasteiger partial charge >= 0.3 is 12.1 Å². The summed E-state index contributed by atoms with van der Waals surface area (Å²) in [5.41, 5.74) is 0.253. The lowest BCUT2D eigenvalue weighted by Gasteiger charge is -2.35. The van der Waals surface area contributed by atoms with Crippen molar-refractivity contribution in [2.75, 3.05) is 6.54 Å². The molecular formula is C22H30N2O5. The average Bonchev–Trinajstić information content (AvgIpc) is 3.24. The van der Waals surface area contributed by atoms with E-state index in [1.807, 2.05) is 51.1 Å². The van der Waals surface area contributed by atoms with Crippen LogP contribution in [0.2, 0.25) is 0 Å². The minimum atomic E-state index is -0.966. The maximum atomic E-state index is 13.3. The first-order chi connectivity index (χ1) is 13.7. The third-order valence-electron chi connectivity index (χ3n) is 6.01. The number of nitrogens with one attached hydrogen (secondary N) is 1. The quantitative estimate of drug-likeness (QED) is 0.789. The van der Waals surface area contributed by atoms with Crippen molar-refractivity contribution in [2.24, 2.45) is 17.3 Å². The van der Waals surface area contributed by atoms with Gasteiger partial charge in [-0.2, -0.15) is 0 Å². The number of fused-ring (bicyclic) bond motifs is 1. The summed E-state index contributed by atoms with van der Waals surface area (Å²) in [6.45, 7) is 6.08. The minimum absolute atomic E-state index is 0.00194. The molecule has 3 rings (SSSR count). The van der Waals surface area contributed by atoms with E-state index in [0.717, 1.165) is 24.8 Å². The van der Waals surface area contributed by atoms with Crippen LogP contribution in [0, 0.1) is 17.3 Å². The van der Waals surface area contributed by atoms with E-state index in [1.54, 1.807) is 0 Å². The maximum Gasteiger partial charge on any atom is 0.408 e. The third kappa shape index (κ3) is 4.71. The van der Waals surface area contributed by atoms with Crippen molar-refractivity contribution >= 4 is 18.0 Å². The molecule has 1 aliphatic heterocycles. The van der Waals surface area contributed by atoms with Gasteiger partial charge in [-0.05, 0) is 35.7 Å². The molecule has 4 atom stereocenters. The highest BCUT2D eigenvalue weighted by atomic mass is 16.5. The summed E-state index contributed by atoms with van der Waals surface area (Å²) in [6, 6.07) is 7.60. The number of hydrogen-bond acceptors (Lipinski definition) is 4. The Morgan fingerprint density at radius 3 is 2.52 bits per heavy atom. The zero-order chi connectivity index (χ0) is 21.2. The molecule has 1 saturated heterocycles. The SMILES string of the molecule is CC(C)(C)[C@H](NC(=O)OCc1ccccc1)C(=O)N1C[C@@H]2CCC[C@@H]2[C@H]1C(=O)O. The molecule has 1 aliphatic carbocycles. The number of carbonyl (C=O) groups excluding carboxylic acids is 2. The predicted molar refractivity (Wildman–Crippen MR) is 107 cm³/mol. The maximum absolute atomic E-state index is 13.3. The average molecular weight is 402 g/mol. The van der Waals surface area contributed by atoms with E-state index in [1.165, 1.54) is 4.90 Å². The number of carboxylic acid groups (broad SMARTS) is 1. The second-order valence-electron chi connectivity index (χ2n) is 9.13. The third-order valence-corrected chi connectivity index (χ3v) is 6.01. The molecule has 0 spiro atoms. The van der Waals surface area contributed by atoms with Crippen molar-refractivity contribution in [1.82, 2.24) is 10.2 Å². The first kappa shape index (κ1) is 21.1. The van der Waals surface area contributed by atoms with Crippen LogP contribution in [0.5, 0.6) is 0 Å².